The Balaban J connectivity index is 2.74. The van der Waals surface area contributed by atoms with E-state index in [-0.39, 0.29) is 11.9 Å². The molecule has 0 bridgehead atoms. The van der Waals surface area contributed by atoms with Gasteiger partial charge in [0.1, 0.15) is 0 Å². The van der Waals surface area contributed by atoms with Crippen LogP contribution >= 0.6 is 0 Å². The molecule has 16 heavy (non-hydrogen) atoms. The van der Waals surface area contributed by atoms with Crippen molar-refractivity contribution in [1.29, 1.82) is 0 Å². The number of ether oxygens (including phenoxy) is 1. The first-order chi connectivity index (χ1) is 7.54. The monoisotopic (exact) mass is 220 g/mol. The summed E-state index contributed by atoms with van der Waals surface area (Å²) in [6.45, 7) is 6.26. The third-order valence-electron chi connectivity index (χ3n) is 2.68. The number of benzene rings is 1. The van der Waals surface area contributed by atoms with Gasteiger partial charge in [-0.1, -0.05) is 38.1 Å². The van der Waals surface area contributed by atoms with E-state index in [1.165, 1.54) is 12.7 Å². The summed E-state index contributed by atoms with van der Waals surface area (Å²) in [6, 6.07) is 8.21. The highest BCUT2D eigenvalue weighted by molar-refractivity contribution is 5.77. The minimum Gasteiger partial charge on any atom is -0.469 e. The van der Waals surface area contributed by atoms with Crippen molar-refractivity contribution >= 4 is 5.97 Å². The molecule has 0 radical (unpaired) electrons. The smallest absolute Gasteiger partial charge is 0.312 e. The average molecular weight is 220 g/mol. The van der Waals surface area contributed by atoms with Crippen LogP contribution in [0.1, 0.15) is 37.8 Å². The van der Waals surface area contributed by atoms with Crippen LogP contribution in [-0.4, -0.2) is 13.1 Å². The van der Waals surface area contributed by atoms with Gasteiger partial charge in [0.25, 0.3) is 0 Å². The third kappa shape index (κ3) is 3.37. The van der Waals surface area contributed by atoms with Crippen LogP contribution in [-0.2, 0) is 16.0 Å². The summed E-state index contributed by atoms with van der Waals surface area (Å²) in [5.74, 6) is 0.290. The summed E-state index contributed by atoms with van der Waals surface area (Å²) in [5, 5.41) is 0. The molecule has 88 valence electrons. The van der Waals surface area contributed by atoms with Crippen molar-refractivity contribution in [1.82, 2.24) is 0 Å². The van der Waals surface area contributed by atoms with Crippen molar-refractivity contribution < 1.29 is 9.53 Å². The van der Waals surface area contributed by atoms with Gasteiger partial charge in [-0.15, -0.1) is 0 Å². The maximum Gasteiger partial charge on any atom is 0.312 e. The van der Waals surface area contributed by atoms with Gasteiger partial charge in [0.15, 0.2) is 0 Å². The summed E-state index contributed by atoms with van der Waals surface area (Å²) in [7, 11) is 1.42. The second-order valence-corrected chi connectivity index (χ2v) is 4.58. The highest BCUT2D eigenvalue weighted by atomic mass is 16.5. The van der Waals surface area contributed by atoms with Crippen LogP contribution in [0.2, 0.25) is 0 Å². The minimum atomic E-state index is -0.184. The van der Waals surface area contributed by atoms with Gasteiger partial charge in [-0.3, -0.25) is 4.79 Å². The molecule has 0 amide bonds. The number of hydrogen-bond acceptors (Lipinski definition) is 2. The first kappa shape index (κ1) is 12.8. The molecule has 1 aromatic rings. The van der Waals surface area contributed by atoms with Crippen LogP contribution in [0.4, 0.5) is 0 Å². The summed E-state index contributed by atoms with van der Waals surface area (Å²) in [5.41, 5.74) is 2.33. The lowest BCUT2D eigenvalue weighted by Gasteiger charge is -2.11. The molecule has 2 heteroatoms. The van der Waals surface area contributed by atoms with Crippen molar-refractivity contribution in [2.45, 2.75) is 33.1 Å². The topological polar surface area (TPSA) is 26.3 Å². The second-order valence-electron chi connectivity index (χ2n) is 4.58. The zero-order chi connectivity index (χ0) is 12.1. The van der Waals surface area contributed by atoms with E-state index in [1.807, 2.05) is 19.1 Å². The molecule has 0 aliphatic carbocycles. The van der Waals surface area contributed by atoms with Crippen LogP contribution in [0.25, 0.3) is 0 Å². The zero-order valence-corrected chi connectivity index (χ0v) is 10.5. The predicted octanol–water partition coefficient (Wildman–Crippen LogP) is 3.16. The maximum absolute atomic E-state index is 11.4. The number of hydrogen-bond donors (Lipinski definition) is 0. The number of carbonyl (C=O) groups excluding carboxylic acids is 1. The van der Waals surface area contributed by atoms with Gasteiger partial charge in [0.05, 0.1) is 13.0 Å². The first-order valence-electron chi connectivity index (χ1n) is 5.71. The predicted molar refractivity (Wildman–Crippen MR) is 65.4 cm³/mol. The quantitative estimate of drug-likeness (QED) is 0.728. The van der Waals surface area contributed by atoms with Crippen molar-refractivity contribution in [2.75, 3.05) is 7.11 Å². The highest BCUT2D eigenvalue weighted by Crippen LogP contribution is 2.18. The molecule has 0 aliphatic rings. The second kappa shape index (κ2) is 5.69. The number of carbonyl (C=O) groups is 1. The Morgan fingerprint density at radius 1 is 1.19 bits per heavy atom. The maximum atomic E-state index is 11.4. The number of rotatable bonds is 4. The first-order valence-corrected chi connectivity index (χ1v) is 5.71. The van der Waals surface area contributed by atoms with Gasteiger partial charge in [0, 0.05) is 0 Å². The molecular weight excluding hydrogens is 200 g/mol. The minimum absolute atomic E-state index is 0.182. The molecule has 0 N–H and O–H groups in total. The van der Waals surface area contributed by atoms with E-state index in [2.05, 4.69) is 26.0 Å². The molecular formula is C14H20O2. The molecule has 1 atom stereocenters. The summed E-state index contributed by atoms with van der Waals surface area (Å²) < 4.78 is 4.72. The molecule has 0 unspecified atom stereocenters. The number of methoxy groups -OCH3 is 1. The van der Waals surface area contributed by atoms with Gasteiger partial charge in [-0.2, -0.15) is 0 Å². The van der Waals surface area contributed by atoms with Crippen LogP contribution in [0.5, 0.6) is 0 Å². The lowest BCUT2D eigenvalue weighted by molar-refractivity contribution is -0.141. The Morgan fingerprint density at radius 2 is 1.75 bits per heavy atom. The Bertz CT molecular complexity index is 338. The standard InChI is InChI=1S/C14H20O2/c1-10(2)9-12-5-7-13(8-6-12)11(3)14(15)16-4/h5-8,10-11H,9H2,1-4H3/t11-/m0/s1. The lowest BCUT2D eigenvalue weighted by Crippen LogP contribution is -2.10. The fourth-order valence-electron chi connectivity index (χ4n) is 1.73. The van der Waals surface area contributed by atoms with Crippen LogP contribution in [0.3, 0.4) is 0 Å². The van der Waals surface area contributed by atoms with Gasteiger partial charge >= 0.3 is 5.97 Å². The number of esters is 1. The van der Waals surface area contributed by atoms with E-state index in [1.54, 1.807) is 0 Å². The van der Waals surface area contributed by atoms with E-state index in [0.29, 0.717) is 5.92 Å². The molecule has 0 aromatic heterocycles. The molecule has 0 heterocycles. The molecule has 0 spiro atoms. The van der Waals surface area contributed by atoms with Gasteiger partial charge in [-0.25, -0.2) is 0 Å². The van der Waals surface area contributed by atoms with Crippen molar-refractivity contribution in [3.8, 4) is 0 Å². The summed E-state index contributed by atoms with van der Waals surface area (Å²) in [6.07, 6.45) is 1.08. The zero-order valence-electron chi connectivity index (χ0n) is 10.5. The van der Waals surface area contributed by atoms with E-state index in [0.717, 1.165) is 12.0 Å². The highest BCUT2D eigenvalue weighted by Gasteiger charge is 2.14. The van der Waals surface area contributed by atoms with Crippen molar-refractivity contribution in [2.24, 2.45) is 5.92 Å². The Hall–Kier alpha value is -1.31. The summed E-state index contributed by atoms with van der Waals surface area (Å²) in [4.78, 5) is 11.4. The third-order valence-corrected chi connectivity index (χ3v) is 2.68. The van der Waals surface area contributed by atoms with Gasteiger partial charge in [0.2, 0.25) is 0 Å². The fourth-order valence-corrected chi connectivity index (χ4v) is 1.73. The fraction of sp³-hybridized carbons (Fsp3) is 0.500. The average Bonchev–Trinajstić information content (AvgIpc) is 2.27. The molecule has 0 aliphatic heterocycles. The Morgan fingerprint density at radius 3 is 2.19 bits per heavy atom. The van der Waals surface area contributed by atoms with Crippen molar-refractivity contribution in [3.63, 3.8) is 0 Å². The molecule has 0 saturated carbocycles. The van der Waals surface area contributed by atoms with E-state index >= 15 is 0 Å². The molecule has 0 fully saturated rings. The van der Waals surface area contributed by atoms with Crippen LogP contribution in [0, 0.1) is 5.92 Å². The lowest BCUT2D eigenvalue weighted by atomic mass is 9.97. The Kier molecular flexibility index (Phi) is 4.53. The van der Waals surface area contributed by atoms with E-state index < -0.39 is 0 Å². The molecule has 1 aromatic carbocycles. The van der Waals surface area contributed by atoms with Crippen LogP contribution < -0.4 is 0 Å². The SMILES string of the molecule is COC(=O)[C@@H](C)c1ccc(CC(C)C)cc1. The Labute approximate surface area is 97.6 Å². The van der Waals surface area contributed by atoms with Crippen molar-refractivity contribution in [3.05, 3.63) is 35.4 Å². The van der Waals surface area contributed by atoms with E-state index in [4.69, 9.17) is 4.74 Å². The van der Waals surface area contributed by atoms with Crippen LogP contribution in [0.15, 0.2) is 24.3 Å². The normalized spacial score (nSPS) is 12.6. The van der Waals surface area contributed by atoms with Gasteiger partial charge in [-0.05, 0) is 30.4 Å². The van der Waals surface area contributed by atoms with Gasteiger partial charge < -0.3 is 4.74 Å². The molecule has 0 saturated heterocycles. The molecule has 1 rings (SSSR count). The largest absolute Gasteiger partial charge is 0.469 e. The summed E-state index contributed by atoms with van der Waals surface area (Å²) >= 11 is 0. The van der Waals surface area contributed by atoms with E-state index in [9.17, 15) is 4.79 Å². The molecule has 2 nitrogen and oxygen atoms in total.